The summed E-state index contributed by atoms with van der Waals surface area (Å²) in [6.45, 7) is 0. The molecule has 0 heterocycles. The molecule has 0 atom stereocenters. The zero-order valence-corrected chi connectivity index (χ0v) is 18.6. The predicted molar refractivity (Wildman–Crippen MR) is 125 cm³/mol. The Morgan fingerprint density at radius 2 is 1.29 bits per heavy atom. The number of carbonyl (C=O) groups excluding carboxylic acids is 2. The van der Waals surface area contributed by atoms with E-state index in [-0.39, 0.29) is 23.7 Å². The number of carbonyl (C=O) groups is 2. The van der Waals surface area contributed by atoms with Gasteiger partial charge in [-0.05, 0) is 68.7 Å². The van der Waals surface area contributed by atoms with Gasteiger partial charge in [0.05, 0.1) is 0 Å². The normalized spacial score (nSPS) is 20.5. The highest BCUT2D eigenvalue weighted by Gasteiger charge is 2.22. The molecule has 31 heavy (non-hydrogen) atoms. The molecular formula is C27H36N2O2. The summed E-state index contributed by atoms with van der Waals surface area (Å²) < 4.78 is 0. The maximum absolute atomic E-state index is 12.4. The zero-order valence-electron chi connectivity index (χ0n) is 18.6. The van der Waals surface area contributed by atoms with Gasteiger partial charge in [-0.15, -0.1) is 0 Å². The van der Waals surface area contributed by atoms with Gasteiger partial charge in [0.2, 0.25) is 11.8 Å². The van der Waals surface area contributed by atoms with Crippen molar-refractivity contribution < 1.29 is 9.59 Å². The van der Waals surface area contributed by atoms with Crippen LogP contribution in [0.3, 0.4) is 0 Å². The lowest BCUT2D eigenvalue weighted by Crippen LogP contribution is -2.31. The van der Waals surface area contributed by atoms with Crippen LogP contribution in [0.5, 0.6) is 0 Å². The molecule has 2 amide bonds. The van der Waals surface area contributed by atoms with Crippen molar-refractivity contribution in [3.05, 3.63) is 53.3 Å². The van der Waals surface area contributed by atoms with Crippen molar-refractivity contribution in [2.45, 2.75) is 83.5 Å². The first-order chi connectivity index (χ1) is 15.2. The van der Waals surface area contributed by atoms with Gasteiger partial charge in [0.25, 0.3) is 0 Å². The van der Waals surface area contributed by atoms with Crippen LogP contribution in [0.2, 0.25) is 0 Å². The van der Waals surface area contributed by atoms with Crippen molar-refractivity contribution in [3.63, 3.8) is 0 Å². The highest BCUT2D eigenvalue weighted by molar-refractivity contribution is 5.92. The molecule has 3 aliphatic rings. The van der Waals surface area contributed by atoms with E-state index in [1.165, 1.54) is 49.7 Å². The molecule has 0 aromatic heterocycles. The Kier molecular flexibility index (Phi) is 7.61. The number of anilines is 1. The van der Waals surface area contributed by atoms with Gasteiger partial charge in [0, 0.05) is 23.2 Å². The maximum Gasteiger partial charge on any atom is 0.227 e. The minimum Gasteiger partial charge on any atom is -0.330 e. The van der Waals surface area contributed by atoms with Crippen LogP contribution in [-0.2, 0) is 16.0 Å². The summed E-state index contributed by atoms with van der Waals surface area (Å²) in [6.07, 6.45) is 18.4. The predicted octanol–water partition coefficient (Wildman–Crippen LogP) is 6.05. The first-order valence-electron chi connectivity index (χ1n) is 12.3. The molecule has 0 saturated heterocycles. The lowest BCUT2D eigenvalue weighted by atomic mass is 9.88. The molecule has 4 heteroatoms. The van der Waals surface area contributed by atoms with Crippen molar-refractivity contribution in [1.29, 1.82) is 0 Å². The molecule has 0 aliphatic heterocycles. The van der Waals surface area contributed by atoms with Crippen LogP contribution in [0.1, 0.15) is 82.6 Å². The minimum absolute atomic E-state index is 0.176. The van der Waals surface area contributed by atoms with E-state index in [0.29, 0.717) is 0 Å². The monoisotopic (exact) mass is 420 g/mol. The second kappa shape index (κ2) is 10.8. The molecule has 2 fully saturated rings. The Morgan fingerprint density at radius 3 is 1.84 bits per heavy atom. The Bertz CT molecular complexity index is 825. The third-order valence-corrected chi connectivity index (χ3v) is 7.12. The van der Waals surface area contributed by atoms with Crippen molar-refractivity contribution in [1.82, 2.24) is 5.32 Å². The topological polar surface area (TPSA) is 58.2 Å². The van der Waals surface area contributed by atoms with Gasteiger partial charge in [-0.2, -0.15) is 0 Å². The molecule has 0 spiro atoms. The molecule has 0 bridgehead atoms. The number of hydrogen-bond acceptors (Lipinski definition) is 2. The van der Waals surface area contributed by atoms with Crippen molar-refractivity contribution in [3.8, 4) is 0 Å². The molecule has 3 aliphatic carbocycles. The molecule has 0 radical (unpaired) electrons. The first-order valence-corrected chi connectivity index (χ1v) is 12.3. The van der Waals surface area contributed by atoms with Gasteiger partial charge in [0.15, 0.2) is 0 Å². The maximum atomic E-state index is 12.4. The molecule has 1 aromatic rings. The van der Waals surface area contributed by atoms with E-state index in [1.807, 2.05) is 12.1 Å². The fourth-order valence-corrected chi connectivity index (χ4v) is 5.13. The summed E-state index contributed by atoms with van der Waals surface area (Å²) in [5.74, 6) is 0.779. The van der Waals surface area contributed by atoms with Crippen LogP contribution in [-0.4, -0.2) is 11.8 Å². The standard InChI is InChI=1S/C27H36N2O2/c30-26(22-7-3-1-4-8-22)28-24-15-11-20(12-16-24)19-21-13-17-25(18-14-21)29-27(31)23-9-5-2-6-10-23/h11-13,15-17,22-23H,1-10,14,18-19H2,(H,28,30)(H,29,31). The SMILES string of the molecule is O=C(NC1=CC=C(Cc2ccc(NC(=O)C3CCCCC3)cc2)CC1)C1CCCCC1. The van der Waals surface area contributed by atoms with E-state index in [9.17, 15) is 9.59 Å². The molecule has 4 rings (SSSR count). The second-order valence-corrected chi connectivity index (χ2v) is 9.54. The van der Waals surface area contributed by atoms with Crippen molar-refractivity contribution in [2.75, 3.05) is 5.32 Å². The van der Waals surface area contributed by atoms with Gasteiger partial charge >= 0.3 is 0 Å². The van der Waals surface area contributed by atoms with Crippen molar-refractivity contribution in [2.24, 2.45) is 11.8 Å². The minimum atomic E-state index is 0.176. The summed E-state index contributed by atoms with van der Waals surface area (Å²) in [5, 5.41) is 6.25. The van der Waals surface area contributed by atoms with Crippen LogP contribution in [0.15, 0.2) is 47.7 Å². The highest BCUT2D eigenvalue weighted by atomic mass is 16.2. The van der Waals surface area contributed by atoms with E-state index in [0.717, 1.165) is 56.3 Å². The van der Waals surface area contributed by atoms with Gasteiger partial charge in [-0.3, -0.25) is 9.59 Å². The van der Waals surface area contributed by atoms with Crippen LogP contribution in [0.25, 0.3) is 0 Å². The zero-order chi connectivity index (χ0) is 21.5. The van der Waals surface area contributed by atoms with Gasteiger partial charge in [-0.1, -0.05) is 62.3 Å². The molecule has 0 unspecified atom stereocenters. The summed E-state index contributed by atoms with van der Waals surface area (Å²) in [5.41, 5.74) is 4.59. The summed E-state index contributed by atoms with van der Waals surface area (Å²) in [4.78, 5) is 24.9. The highest BCUT2D eigenvalue weighted by Crippen LogP contribution is 2.27. The van der Waals surface area contributed by atoms with E-state index >= 15 is 0 Å². The smallest absolute Gasteiger partial charge is 0.227 e. The van der Waals surface area contributed by atoms with Gasteiger partial charge in [-0.25, -0.2) is 0 Å². The molecule has 2 N–H and O–H groups in total. The van der Waals surface area contributed by atoms with Gasteiger partial charge < -0.3 is 10.6 Å². The largest absolute Gasteiger partial charge is 0.330 e. The molecule has 166 valence electrons. The van der Waals surface area contributed by atoms with Crippen LogP contribution < -0.4 is 10.6 Å². The first kappa shape index (κ1) is 21.9. The average molecular weight is 421 g/mol. The second-order valence-electron chi connectivity index (χ2n) is 9.54. The Labute approximate surface area is 186 Å². The lowest BCUT2D eigenvalue weighted by Gasteiger charge is -2.23. The van der Waals surface area contributed by atoms with Crippen LogP contribution >= 0.6 is 0 Å². The Morgan fingerprint density at radius 1 is 0.710 bits per heavy atom. The lowest BCUT2D eigenvalue weighted by molar-refractivity contribution is -0.125. The summed E-state index contributed by atoms with van der Waals surface area (Å²) in [7, 11) is 0. The van der Waals surface area contributed by atoms with Crippen LogP contribution in [0, 0.1) is 11.8 Å². The summed E-state index contributed by atoms with van der Waals surface area (Å²) in [6, 6.07) is 8.26. The van der Waals surface area contributed by atoms with E-state index < -0.39 is 0 Å². The quantitative estimate of drug-likeness (QED) is 0.589. The third-order valence-electron chi connectivity index (χ3n) is 7.12. The fourth-order valence-electron chi connectivity index (χ4n) is 5.13. The third kappa shape index (κ3) is 6.32. The van der Waals surface area contributed by atoms with E-state index in [1.54, 1.807) is 0 Å². The van der Waals surface area contributed by atoms with Gasteiger partial charge in [0.1, 0.15) is 0 Å². The fraction of sp³-hybridized carbons (Fsp3) is 0.556. The van der Waals surface area contributed by atoms with Crippen molar-refractivity contribution >= 4 is 17.5 Å². The molecule has 2 saturated carbocycles. The van der Waals surface area contributed by atoms with E-state index in [2.05, 4.69) is 34.9 Å². The summed E-state index contributed by atoms with van der Waals surface area (Å²) >= 11 is 0. The number of benzene rings is 1. The average Bonchev–Trinajstić information content (AvgIpc) is 2.82. The number of allylic oxidation sites excluding steroid dienone is 4. The molecule has 4 nitrogen and oxygen atoms in total. The molecule has 1 aromatic carbocycles. The van der Waals surface area contributed by atoms with E-state index in [4.69, 9.17) is 0 Å². The Hall–Kier alpha value is -2.36. The molecular weight excluding hydrogens is 384 g/mol. The Balaban J connectivity index is 1.26. The number of hydrogen-bond donors (Lipinski definition) is 2. The van der Waals surface area contributed by atoms with Crippen LogP contribution in [0.4, 0.5) is 5.69 Å². The number of rotatable bonds is 6. The number of nitrogens with one attached hydrogen (secondary N) is 2. The number of amides is 2.